The van der Waals surface area contributed by atoms with Gasteiger partial charge in [0.15, 0.2) is 15.4 Å². The molecule has 0 radical (unpaired) electrons. The number of furan rings is 1. The van der Waals surface area contributed by atoms with E-state index in [1.54, 1.807) is 11.3 Å². The maximum Gasteiger partial charge on any atom is 0.184 e. The van der Waals surface area contributed by atoms with Gasteiger partial charge in [0.2, 0.25) is 0 Å². The second kappa shape index (κ2) is 5.44. The van der Waals surface area contributed by atoms with Gasteiger partial charge in [0.25, 0.3) is 0 Å². The van der Waals surface area contributed by atoms with Crippen molar-refractivity contribution in [3.8, 4) is 10.8 Å². The van der Waals surface area contributed by atoms with Crippen LogP contribution in [0.3, 0.4) is 0 Å². The van der Waals surface area contributed by atoms with E-state index in [9.17, 15) is 0 Å². The number of hydrogen-bond donors (Lipinski definition) is 1. The zero-order valence-corrected chi connectivity index (χ0v) is 12.6. The van der Waals surface area contributed by atoms with Crippen molar-refractivity contribution in [1.29, 1.82) is 0 Å². The van der Waals surface area contributed by atoms with Crippen molar-refractivity contribution in [3.05, 3.63) is 26.3 Å². The van der Waals surface area contributed by atoms with Gasteiger partial charge in [-0.15, -0.1) is 11.3 Å². The van der Waals surface area contributed by atoms with Crippen LogP contribution in [0.25, 0.3) is 10.8 Å². The van der Waals surface area contributed by atoms with Gasteiger partial charge in [-0.3, -0.25) is 0 Å². The molecule has 0 aromatic carbocycles. The fraction of sp³-hybridized carbons (Fsp3) is 0.300. The van der Waals surface area contributed by atoms with Crippen LogP contribution in [0.5, 0.6) is 0 Å². The molecule has 0 aliphatic rings. The third kappa shape index (κ3) is 2.74. The third-order valence-corrected chi connectivity index (χ3v) is 4.58. The Morgan fingerprint density at radius 2 is 2.31 bits per heavy atom. The first-order valence-corrected chi connectivity index (χ1v) is 7.27. The standard InChI is InChI=1S/C10H10Br2N2OS/c1-2-13-4-6-5-16-10(14-6)8-3-7(11)9(12)15-8/h3,5,13H,2,4H2,1H3. The van der Waals surface area contributed by atoms with Crippen LogP contribution >= 0.6 is 43.2 Å². The van der Waals surface area contributed by atoms with E-state index in [1.165, 1.54) is 0 Å². The number of halogens is 2. The second-order valence-electron chi connectivity index (χ2n) is 3.16. The van der Waals surface area contributed by atoms with Crippen LogP contribution in [0.1, 0.15) is 12.6 Å². The van der Waals surface area contributed by atoms with Gasteiger partial charge in [-0.25, -0.2) is 4.98 Å². The van der Waals surface area contributed by atoms with Crippen LogP contribution in [0.15, 0.2) is 25.0 Å². The lowest BCUT2D eigenvalue weighted by Crippen LogP contribution is -2.11. The minimum Gasteiger partial charge on any atom is -0.446 e. The Morgan fingerprint density at radius 3 is 2.94 bits per heavy atom. The quantitative estimate of drug-likeness (QED) is 0.888. The monoisotopic (exact) mass is 364 g/mol. The summed E-state index contributed by atoms with van der Waals surface area (Å²) >= 11 is 8.29. The maximum absolute atomic E-state index is 5.52. The van der Waals surface area contributed by atoms with E-state index in [-0.39, 0.29) is 0 Å². The normalized spacial score (nSPS) is 10.9. The molecule has 0 atom stereocenters. The molecular weight excluding hydrogens is 356 g/mol. The van der Waals surface area contributed by atoms with Gasteiger partial charge in [0.05, 0.1) is 10.2 Å². The van der Waals surface area contributed by atoms with Crippen molar-refractivity contribution in [2.75, 3.05) is 6.54 Å². The molecule has 2 aromatic rings. The molecule has 2 aromatic heterocycles. The lowest BCUT2D eigenvalue weighted by molar-refractivity contribution is 0.553. The summed E-state index contributed by atoms with van der Waals surface area (Å²) in [5, 5.41) is 6.19. The number of hydrogen-bond acceptors (Lipinski definition) is 4. The molecule has 0 unspecified atom stereocenters. The highest BCUT2D eigenvalue weighted by molar-refractivity contribution is 9.13. The molecule has 6 heteroatoms. The first-order valence-electron chi connectivity index (χ1n) is 4.81. The van der Waals surface area contributed by atoms with E-state index >= 15 is 0 Å². The van der Waals surface area contributed by atoms with Crippen LogP contribution in [-0.2, 0) is 6.54 Å². The highest BCUT2D eigenvalue weighted by Gasteiger charge is 2.11. The fourth-order valence-corrected chi connectivity index (χ4v) is 2.55. The van der Waals surface area contributed by atoms with E-state index in [4.69, 9.17) is 4.42 Å². The van der Waals surface area contributed by atoms with Crippen LogP contribution in [0.2, 0.25) is 0 Å². The van der Waals surface area contributed by atoms with Crippen molar-refractivity contribution < 1.29 is 4.42 Å². The summed E-state index contributed by atoms with van der Waals surface area (Å²) in [6, 6.07) is 1.92. The number of rotatable bonds is 4. The molecule has 2 rings (SSSR count). The number of thiazole rings is 1. The fourth-order valence-electron chi connectivity index (χ4n) is 1.21. The number of nitrogens with one attached hydrogen (secondary N) is 1. The summed E-state index contributed by atoms with van der Waals surface area (Å²) in [5.74, 6) is 0.784. The van der Waals surface area contributed by atoms with Gasteiger partial charge < -0.3 is 9.73 Å². The van der Waals surface area contributed by atoms with Gasteiger partial charge in [-0.1, -0.05) is 6.92 Å². The van der Waals surface area contributed by atoms with Crippen molar-refractivity contribution in [1.82, 2.24) is 10.3 Å². The minimum absolute atomic E-state index is 0.700. The molecule has 16 heavy (non-hydrogen) atoms. The van der Waals surface area contributed by atoms with Crippen LogP contribution < -0.4 is 5.32 Å². The summed E-state index contributed by atoms with van der Waals surface area (Å²) < 4.78 is 7.12. The average Bonchev–Trinajstić information content (AvgIpc) is 2.84. The minimum atomic E-state index is 0.700. The Morgan fingerprint density at radius 1 is 1.50 bits per heavy atom. The number of aromatic nitrogens is 1. The predicted octanol–water partition coefficient (Wildman–Crippen LogP) is 4.04. The smallest absolute Gasteiger partial charge is 0.184 e. The summed E-state index contributed by atoms with van der Waals surface area (Å²) in [6.45, 7) is 3.83. The van der Waals surface area contributed by atoms with E-state index in [1.807, 2.05) is 11.4 Å². The molecule has 0 aliphatic heterocycles. The predicted molar refractivity (Wildman–Crippen MR) is 72.6 cm³/mol. The second-order valence-corrected chi connectivity index (χ2v) is 5.59. The van der Waals surface area contributed by atoms with Gasteiger partial charge in [-0.2, -0.15) is 0 Å². The third-order valence-electron chi connectivity index (χ3n) is 1.96. The van der Waals surface area contributed by atoms with Gasteiger partial charge in [0, 0.05) is 18.0 Å². The Labute approximate surface area is 115 Å². The zero-order valence-electron chi connectivity index (χ0n) is 8.59. The molecule has 0 saturated heterocycles. The molecule has 0 aliphatic carbocycles. The highest BCUT2D eigenvalue weighted by Crippen LogP contribution is 2.34. The number of nitrogens with zero attached hydrogens (tertiary/aromatic N) is 1. The van der Waals surface area contributed by atoms with Crippen molar-refractivity contribution in [2.45, 2.75) is 13.5 Å². The molecule has 0 saturated carbocycles. The Kier molecular flexibility index (Phi) is 4.18. The molecule has 0 fully saturated rings. The van der Waals surface area contributed by atoms with E-state index in [0.29, 0.717) is 4.67 Å². The molecule has 0 amide bonds. The summed E-state index contributed by atoms with van der Waals surface area (Å²) in [6.07, 6.45) is 0. The maximum atomic E-state index is 5.52. The Balaban J connectivity index is 2.18. The molecule has 0 bridgehead atoms. The molecule has 3 nitrogen and oxygen atoms in total. The summed E-state index contributed by atoms with van der Waals surface area (Å²) in [4.78, 5) is 4.49. The van der Waals surface area contributed by atoms with E-state index < -0.39 is 0 Å². The molecule has 0 spiro atoms. The first-order chi connectivity index (χ1) is 7.70. The van der Waals surface area contributed by atoms with Gasteiger partial charge in [0.1, 0.15) is 0 Å². The topological polar surface area (TPSA) is 38.1 Å². The van der Waals surface area contributed by atoms with Crippen LogP contribution in [0, 0.1) is 0 Å². The van der Waals surface area contributed by atoms with Crippen molar-refractivity contribution in [3.63, 3.8) is 0 Å². The van der Waals surface area contributed by atoms with Gasteiger partial charge >= 0.3 is 0 Å². The van der Waals surface area contributed by atoms with Crippen LogP contribution in [-0.4, -0.2) is 11.5 Å². The summed E-state index contributed by atoms with van der Waals surface area (Å²) in [7, 11) is 0. The van der Waals surface area contributed by atoms with E-state index in [2.05, 4.69) is 49.1 Å². The molecule has 1 N–H and O–H groups in total. The lowest BCUT2D eigenvalue weighted by Gasteiger charge is -1.95. The average molecular weight is 366 g/mol. The highest BCUT2D eigenvalue weighted by atomic mass is 79.9. The lowest BCUT2D eigenvalue weighted by atomic mass is 10.4. The summed E-state index contributed by atoms with van der Waals surface area (Å²) in [5.41, 5.74) is 1.05. The van der Waals surface area contributed by atoms with E-state index in [0.717, 1.165) is 34.0 Å². The Bertz CT molecular complexity index is 461. The molecule has 86 valence electrons. The zero-order chi connectivity index (χ0) is 11.5. The largest absolute Gasteiger partial charge is 0.446 e. The van der Waals surface area contributed by atoms with Gasteiger partial charge in [-0.05, 0) is 38.4 Å². The SMILES string of the molecule is CCNCc1csc(-c2cc(Br)c(Br)o2)n1. The van der Waals surface area contributed by atoms with Crippen molar-refractivity contribution >= 4 is 43.2 Å². The Hall–Kier alpha value is -0.170. The molecular formula is C10H10Br2N2OS. The molecule has 2 heterocycles. The first kappa shape index (κ1) is 12.3. The van der Waals surface area contributed by atoms with Crippen LogP contribution in [0.4, 0.5) is 0 Å². The van der Waals surface area contributed by atoms with Crippen molar-refractivity contribution in [2.24, 2.45) is 0 Å².